The van der Waals surface area contributed by atoms with Crippen LogP contribution in [0.1, 0.15) is 131 Å². The molecule has 0 radical (unpaired) electrons. The molecular formula is C74H122N8O20. The Bertz CT molecular complexity index is 2620. The third-order valence-corrected chi connectivity index (χ3v) is 15.5. The van der Waals surface area contributed by atoms with Crippen molar-refractivity contribution in [1.82, 2.24) is 40.9 Å². The zero-order chi connectivity index (χ0) is 74.3. The van der Waals surface area contributed by atoms with Crippen LogP contribution in [0.5, 0.6) is 0 Å². The fraction of sp³-hybridized carbons (Fsp3) is 0.730. The van der Waals surface area contributed by atoms with E-state index < -0.39 is 29.0 Å². The molecule has 2 aromatic carbocycles. The van der Waals surface area contributed by atoms with Crippen molar-refractivity contribution in [2.45, 2.75) is 136 Å². The van der Waals surface area contributed by atoms with Crippen molar-refractivity contribution in [1.29, 1.82) is 0 Å². The third kappa shape index (κ3) is 43.7. The second-order valence-electron chi connectivity index (χ2n) is 28.0. The standard InChI is InChI=1S/C74H122N8O20/c1-72(2,3)100-68(87)24-16-40-93-48-50-95-42-26-75-66(85)56-81-34-32-79(54-59(83)18-14-38-91-46-52-97-44-28-77-70(89)99-58-65-63-22-12-10-20-61(63)62-21-11-13-23-64(62)65)30-31-80(55-60(84)19-15-39-92-47-53-98-45-29-78-71(90)102-74(7,8)9)33-35-82(37-36-81)57-67(86)76-27-43-96-51-49-94-41-17-25-69(88)101-73(4,5)6/h10-13,20-23,65H,14-19,24-58H2,1-9H3,(H,75,85)(H,76,86)(H,77,89)(H,78,90). The van der Waals surface area contributed by atoms with E-state index in [-0.39, 0.29) is 152 Å². The van der Waals surface area contributed by atoms with Crippen LogP contribution in [-0.2, 0) is 85.6 Å². The van der Waals surface area contributed by atoms with E-state index in [0.29, 0.717) is 157 Å². The normalized spacial score (nSPS) is 14.6. The monoisotopic (exact) mass is 1440 g/mol. The molecule has 102 heavy (non-hydrogen) atoms. The van der Waals surface area contributed by atoms with Crippen molar-refractivity contribution in [3.63, 3.8) is 0 Å². The number of ether oxygens (including phenoxy) is 12. The van der Waals surface area contributed by atoms with Crippen molar-refractivity contribution in [3.8, 4) is 11.1 Å². The summed E-state index contributed by atoms with van der Waals surface area (Å²) in [6.07, 6.45) is 2.08. The summed E-state index contributed by atoms with van der Waals surface area (Å²) in [5, 5.41) is 11.3. The molecule has 28 nitrogen and oxygen atoms in total. The van der Waals surface area contributed by atoms with Crippen LogP contribution < -0.4 is 21.3 Å². The number of carbonyl (C=O) groups excluding carboxylic acids is 8. The fourth-order valence-corrected chi connectivity index (χ4v) is 10.8. The molecule has 4 rings (SSSR count). The summed E-state index contributed by atoms with van der Waals surface area (Å²) in [5.41, 5.74) is 2.91. The van der Waals surface area contributed by atoms with Crippen LogP contribution in [-0.4, -0.2) is 301 Å². The molecule has 0 bridgehead atoms. The summed E-state index contributed by atoms with van der Waals surface area (Å²) in [4.78, 5) is 111. The van der Waals surface area contributed by atoms with Gasteiger partial charge in [-0.05, 0) is 110 Å². The molecule has 2 aromatic rings. The number of hydrogen-bond acceptors (Lipinski definition) is 24. The van der Waals surface area contributed by atoms with E-state index in [1.807, 2.05) is 75.6 Å². The van der Waals surface area contributed by atoms with E-state index in [2.05, 4.69) is 55.3 Å². The van der Waals surface area contributed by atoms with Crippen LogP contribution in [0.4, 0.5) is 9.59 Å². The molecule has 0 aromatic heterocycles. The molecule has 1 aliphatic carbocycles. The first-order valence-electron chi connectivity index (χ1n) is 36.4. The highest BCUT2D eigenvalue weighted by Crippen LogP contribution is 2.44. The number of amides is 4. The quantitative estimate of drug-likeness (QED) is 0.0357. The number of esters is 2. The van der Waals surface area contributed by atoms with E-state index in [4.69, 9.17) is 56.8 Å². The maximum Gasteiger partial charge on any atom is 0.407 e. The second kappa shape index (κ2) is 51.0. The summed E-state index contributed by atoms with van der Waals surface area (Å²) in [5.74, 6) is -0.975. The average molecular weight is 1440 g/mol. The molecule has 1 saturated heterocycles. The van der Waals surface area contributed by atoms with Crippen LogP contribution in [0, 0.1) is 0 Å². The van der Waals surface area contributed by atoms with Gasteiger partial charge in [-0.15, -0.1) is 0 Å². The fourth-order valence-electron chi connectivity index (χ4n) is 10.8. The minimum Gasteiger partial charge on any atom is -0.460 e. The van der Waals surface area contributed by atoms with Gasteiger partial charge in [-0.2, -0.15) is 0 Å². The summed E-state index contributed by atoms with van der Waals surface area (Å²) < 4.78 is 67.1. The van der Waals surface area contributed by atoms with Gasteiger partial charge in [0.2, 0.25) is 11.8 Å². The lowest BCUT2D eigenvalue weighted by Gasteiger charge is -2.33. The minimum atomic E-state index is -0.599. The van der Waals surface area contributed by atoms with Crippen molar-refractivity contribution in [2.24, 2.45) is 0 Å². The predicted molar refractivity (Wildman–Crippen MR) is 384 cm³/mol. The Morgan fingerprint density at radius 3 is 0.990 bits per heavy atom. The van der Waals surface area contributed by atoms with Crippen LogP contribution in [0.3, 0.4) is 0 Å². The predicted octanol–water partition coefficient (Wildman–Crippen LogP) is 5.58. The number of alkyl carbamates (subject to hydrolysis) is 2. The van der Waals surface area contributed by atoms with E-state index in [9.17, 15) is 38.4 Å². The van der Waals surface area contributed by atoms with Crippen LogP contribution in [0.2, 0.25) is 0 Å². The maximum absolute atomic E-state index is 13.8. The van der Waals surface area contributed by atoms with E-state index in [1.54, 1.807) is 20.8 Å². The number of benzene rings is 2. The van der Waals surface area contributed by atoms with Gasteiger partial charge in [-0.25, -0.2) is 9.59 Å². The number of nitrogens with one attached hydrogen (secondary N) is 4. The van der Waals surface area contributed by atoms with Gasteiger partial charge in [0, 0.05) is 137 Å². The second-order valence-corrected chi connectivity index (χ2v) is 28.0. The largest absolute Gasteiger partial charge is 0.460 e. The zero-order valence-corrected chi connectivity index (χ0v) is 62.6. The Morgan fingerprint density at radius 2 is 0.647 bits per heavy atom. The molecule has 0 spiro atoms. The first kappa shape index (κ1) is 88.1. The van der Waals surface area contributed by atoms with Gasteiger partial charge in [-0.3, -0.25) is 48.4 Å². The van der Waals surface area contributed by atoms with E-state index >= 15 is 0 Å². The number of hydrogen-bond donors (Lipinski definition) is 4. The number of ketones is 2. The smallest absolute Gasteiger partial charge is 0.407 e. The van der Waals surface area contributed by atoms with Gasteiger partial charge in [-0.1, -0.05) is 48.5 Å². The Kier molecular flexibility index (Phi) is 44.1. The number of rotatable bonds is 50. The average Bonchev–Trinajstić information content (AvgIpc) is 1.62. The molecule has 0 unspecified atom stereocenters. The van der Waals surface area contributed by atoms with Gasteiger partial charge in [0.05, 0.1) is 105 Å². The molecule has 1 fully saturated rings. The summed E-state index contributed by atoms with van der Waals surface area (Å²) in [6, 6.07) is 16.3. The Balaban J connectivity index is 1.28. The topological polar surface area (TPSA) is 308 Å². The lowest BCUT2D eigenvalue weighted by atomic mass is 9.98. The summed E-state index contributed by atoms with van der Waals surface area (Å²) in [6.45, 7) is 26.5. The highest BCUT2D eigenvalue weighted by Gasteiger charge is 2.30. The molecule has 28 heteroatoms. The van der Waals surface area contributed by atoms with E-state index in [0.717, 1.165) is 22.3 Å². The summed E-state index contributed by atoms with van der Waals surface area (Å²) in [7, 11) is 0. The Hall–Kier alpha value is -6.28. The lowest BCUT2D eigenvalue weighted by Crippen LogP contribution is -2.50. The highest BCUT2D eigenvalue weighted by atomic mass is 16.6. The molecular weight excluding hydrogens is 1320 g/mol. The Morgan fingerprint density at radius 1 is 0.353 bits per heavy atom. The Labute approximate surface area is 605 Å². The first-order valence-corrected chi connectivity index (χ1v) is 36.4. The van der Waals surface area contributed by atoms with Crippen molar-refractivity contribution in [2.75, 3.05) is 217 Å². The minimum absolute atomic E-state index is 0.0188. The molecule has 578 valence electrons. The zero-order valence-electron chi connectivity index (χ0n) is 62.6. The van der Waals surface area contributed by atoms with Crippen molar-refractivity contribution in [3.05, 3.63) is 59.7 Å². The number of fused-ring (bicyclic) bond motifs is 3. The van der Waals surface area contributed by atoms with Gasteiger partial charge in [0.25, 0.3) is 0 Å². The molecule has 4 N–H and O–H groups in total. The maximum atomic E-state index is 13.8. The van der Waals surface area contributed by atoms with Gasteiger partial charge in [0.15, 0.2) is 0 Å². The molecule has 0 saturated carbocycles. The number of nitrogens with zero attached hydrogens (tertiary/aromatic N) is 4. The van der Waals surface area contributed by atoms with Crippen molar-refractivity contribution >= 4 is 47.5 Å². The van der Waals surface area contributed by atoms with Gasteiger partial charge < -0.3 is 78.1 Å². The molecule has 4 amide bonds. The van der Waals surface area contributed by atoms with Gasteiger partial charge in [0.1, 0.15) is 35.0 Å². The lowest BCUT2D eigenvalue weighted by molar-refractivity contribution is -0.156. The molecule has 1 heterocycles. The van der Waals surface area contributed by atoms with E-state index in [1.165, 1.54) is 0 Å². The van der Waals surface area contributed by atoms with Crippen LogP contribution in [0.15, 0.2) is 48.5 Å². The third-order valence-electron chi connectivity index (χ3n) is 15.5. The molecule has 2 aliphatic rings. The van der Waals surface area contributed by atoms with Crippen LogP contribution in [0.25, 0.3) is 11.1 Å². The highest BCUT2D eigenvalue weighted by molar-refractivity contribution is 5.82. The van der Waals surface area contributed by atoms with Gasteiger partial charge >= 0.3 is 24.1 Å². The molecule has 0 atom stereocenters. The first-order chi connectivity index (χ1) is 48.8. The van der Waals surface area contributed by atoms with Crippen LogP contribution >= 0.6 is 0 Å². The summed E-state index contributed by atoms with van der Waals surface area (Å²) >= 11 is 0. The van der Waals surface area contributed by atoms with Crippen molar-refractivity contribution < 1.29 is 95.2 Å². The number of carbonyl (C=O) groups is 8. The molecule has 1 aliphatic heterocycles. The number of Topliss-reactive ketones (excluding diaryl/α,β-unsaturated/α-hetero) is 2. The SMILES string of the molecule is CC(C)(C)OC(=O)CCCOCCOCCNC(=O)CN1CCN(CC(=O)CCCOCCOCCNC(=O)OCC2c3ccccc3-c3ccccc32)CCN(CC(=O)CCCOCCOCCNC(=O)OC(C)(C)C)CCN(CC(=O)NCCOCCOCCCC(=O)OC(C)(C)C)CC1.